The molecule has 2 rings (SSSR count). The van der Waals surface area contributed by atoms with Gasteiger partial charge in [-0.25, -0.2) is 8.42 Å². The second-order valence-corrected chi connectivity index (χ2v) is 6.47. The van der Waals surface area contributed by atoms with Crippen molar-refractivity contribution in [3.05, 3.63) is 24.3 Å². The van der Waals surface area contributed by atoms with Gasteiger partial charge < -0.3 is 5.32 Å². The van der Waals surface area contributed by atoms with Crippen LogP contribution in [0.3, 0.4) is 0 Å². The number of carbonyl (C=O) groups excluding carboxylic acids is 1. The lowest BCUT2D eigenvalue weighted by Gasteiger charge is -2.07. The number of benzene rings is 1. The Labute approximate surface area is 111 Å². The summed E-state index contributed by atoms with van der Waals surface area (Å²) >= 11 is 5.28. The molecule has 0 aliphatic heterocycles. The molecule has 0 saturated heterocycles. The van der Waals surface area contributed by atoms with E-state index in [-0.39, 0.29) is 11.8 Å². The van der Waals surface area contributed by atoms with Crippen molar-refractivity contribution in [3.63, 3.8) is 0 Å². The highest BCUT2D eigenvalue weighted by Crippen LogP contribution is 2.30. The van der Waals surface area contributed by atoms with E-state index in [1.807, 2.05) is 0 Å². The number of hydrogen-bond acceptors (Lipinski definition) is 3. The van der Waals surface area contributed by atoms with E-state index in [0.717, 1.165) is 12.8 Å². The molecule has 0 heterocycles. The quantitative estimate of drug-likeness (QED) is 0.814. The van der Waals surface area contributed by atoms with Crippen molar-refractivity contribution in [1.82, 2.24) is 0 Å². The minimum Gasteiger partial charge on any atom is -0.326 e. The molecule has 1 amide bonds. The number of anilines is 2. The molecule has 18 heavy (non-hydrogen) atoms. The third-order valence-corrected chi connectivity index (χ3v) is 4.21. The maximum atomic E-state index is 11.5. The van der Waals surface area contributed by atoms with E-state index in [4.69, 9.17) is 11.6 Å². The van der Waals surface area contributed by atoms with Gasteiger partial charge >= 0.3 is 0 Å². The standard InChI is InChI=1S/C11H13ClN2O3S/c12-7-18(16,17)14-10-5-3-9(4-6-10)13-11(15)8-1-2-8/h3-6,8,14H,1-2,7H2,(H,13,15). The van der Waals surface area contributed by atoms with Crippen molar-refractivity contribution in [2.75, 3.05) is 15.3 Å². The topological polar surface area (TPSA) is 75.3 Å². The van der Waals surface area contributed by atoms with Gasteiger partial charge in [0.25, 0.3) is 0 Å². The molecule has 7 heteroatoms. The van der Waals surface area contributed by atoms with Crippen molar-refractivity contribution in [1.29, 1.82) is 0 Å². The fourth-order valence-electron chi connectivity index (χ4n) is 1.42. The molecule has 0 atom stereocenters. The van der Waals surface area contributed by atoms with Crippen LogP contribution in [0.2, 0.25) is 0 Å². The minimum atomic E-state index is -3.48. The molecule has 0 spiro atoms. The highest BCUT2D eigenvalue weighted by atomic mass is 35.5. The second-order valence-electron chi connectivity index (χ2n) is 4.17. The summed E-state index contributed by atoms with van der Waals surface area (Å²) in [6, 6.07) is 6.44. The van der Waals surface area contributed by atoms with Gasteiger partial charge in [-0.15, -0.1) is 11.6 Å². The van der Waals surface area contributed by atoms with Crippen LogP contribution >= 0.6 is 11.6 Å². The average molecular weight is 289 g/mol. The van der Waals surface area contributed by atoms with Crippen LogP contribution in [0, 0.1) is 5.92 Å². The maximum Gasteiger partial charge on any atom is 0.246 e. The van der Waals surface area contributed by atoms with Crippen molar-refractivity contribution in [2.45, 2.75) is 12.8 Å². The van der Waals surface area contributed by atoms with Crippen LogP contribution < -0.4 is 10.0 Å². The lowest BCUT2D eigenvalue weighted by atomic mass is 10.2. The predicted octanol–water partition coefficient (Wildman–Crippen LogP) is 1.97. The van der Waals surface area contributed by atoms with E-state index in [0.29, 0.717) is 11.4 Å². The van der Waals surface area contributed by atoms with Crippen LogP contribution in [0.1, 0.15) is 12.8 Å². The Morgan fingerprint density at radius 2 is 1.78 bits per heavy atom. The van der Waals surface area contributed by atoms with Crippen LogP contribution in [0.25, 0.3) is 0 Å². The van der Waals surface area contributed by atoms with E-state index in [1.54, 1.807) is 24.3 Å². The number of amides is 1. The van der Waals surface area contributed by atoms with E-state index < -0.39 is 15.2 Å². The highest BCUT2D eigenvalue weighted by molar-refractivity contribution is 7.93. The summed E-state index contributed by atoms with van der Waals surface area (Å²) in [4.78, 5) is 11.5. The van der Waals surface area contributed by atoms with Gasteiger partial charge in [0.1, 0.15) is 5.21 Å². The number of halogens is 1. The molecule has 1 fully saturated rings. The number of sulfonamides is 1. The van der Waals surface area contributed by atoms with Crippen molar-refractivity contribution < 1.29 is 13.2 Å². The van der Waals surface area contributed by atoms with Gasteiger partial charge in [-0.2, -0.15) is 0 Å². The van der Waals surface area contributed by atoms with Gasteiger partial charge in [-0.1, -0.05) is 0 Å². The average Bonchev–Trinajstić information content (AvgIpc) is 3.15. The first-order valence-corrected chi connectivity index (χ1v) is 7.66. The molecule has 1 aliphatic carbocycles. The molecular weight excluding hydrogens is 276 g/mol. The fourth-order valence-corrected chi connectivity index (χ4v) is 2.13. The molecule has 1 aromatic carbocycles. The molecule has 1 saturated carbocycles. The minimum absolute atomic E-state index is 0.0177. The Hall–Kier alpha value is -1.27. The van der Waals surface area contributed by atoms with Crippen LogP contribution in [-0.2, 0) is 14.8 Å². The van der Waals surface area contributed by atoms with Crippen molar-refractivity contribution in [3.8, 4) is 0 Å². The molecule has 2 N–H and O–H groups in total. The maximum absolute atomic E-state index is 11.5. The summed E-state index contributed by atoms with van der Waals surface area (Å²) in [5, 5.41) is 2.27. The van der Waals surface area contributed by atoms with Crippen molar-refractivity contribution >= 4 is 38.9 Å². The Morgan fingerprint density at radius 1 is 1.22 bits per heavy atom. The molecule has 0 aromatic heterocycles. The van der Waals surface area contributed by atoms with E-state index >= 15 is 0 Å². The number of alkyl halides is 1. The first-order chi connectivity index (χ1) is 8.50. The van der Waals surface area contributed by atoms with Gasteiger partial charge in [-0.3, -0.25) is 9.52 Å². The lowest BCUT2D eigenvalue weighted by molar-refractivity contribution is -0.117. The van der Waals surface area contributed by atoms with Gasteiger partial charge in [0.15, 0.2) is 0 Å². The lowest BCUT2D eigenvalue weighted by Crippen LogP contribution is -2.14. The van der Waals surface area contributed by atoms with Crippen LogP contribution in [0.4, 0.5) is 11.4 Å². The largest absolute Gasteiger partial charge is 0.326 e. The Kier molecular flexibility index (Phi) is 3.77. The highest BCUT2D eigenvalue weighted by Gasteiger charge is 2.29. The second kappa shape index (κ2) is 5.16. The zero-order chi connectivity index (χ0) is 13.2. The Balaban J connectivity index is 1.98. The van der Waals surface area contributed by atoms with Gasteiger partial charge in [0.05, 0.1) is 0 Å². The molecule has 0 unspecified atom stereocenters. The summed E-state index contributed by atoms with van der Waals surface area (Å²) in [5.74, 6) is 0.156. The number of nitrogens with one attached hydrogen (secondary N) is 2. The third-order valence-electron chi connectivity index (χ3n) is 2.52. The molecule has 1 aromatic rings. The smallest absolute Gasteiger partial charge is 0.246 e. The van der Waals surface area contributed by atoms with Gasteiger partial charge in [0.2, 0.25) is 15.9 Å². The normalized spacial score (nSPS) is 15.2. The fraction of sp³-hybridized carbons (Fsp3) is 0.364. The summed E-state index contributed by atoms with van der Waals surface area (Å²) in [6.45, 7) is 0. The number of hydrogen-bond donors (Lipinski definition) is 2. The monoisotopic (exact) mass is 288 g/mol. The molecule has 98 valence electrons. The Morgan fingerprint density at radius 3 is 2.28 bits per heavy atom. The van der Waals surface area contributed by atoms with Crippen LogP contribution in [0.5, 0.6) is 0 Å². The van der Waals surface area contributed by atoms with Gasteiger partial charge in [-0.05, 0) is 37.1 Å². The summed E-state index contributed by atoms with van der Waals surface area (Å²) in [7, 11) is -3.48. The molecule has 0 radical (unpaired) electrons. The SMILES string of the molecule is O=C(Nc1ccc(NS(=O)(=O)CCl)cc1)C1CC1. The summed E-state index contributed by atoms with van der Waals surface area (Å²) in [5.41, 5.74) is 1.07. The third kappa shape index (κ3) is 3.61. The molecule has 0 bridgehead atoms. The Bertz CT molecular complexity index is 538. The molecule has 5 nitrogen and oxygen atoms in total. The van der Waals surface area contributed by atoms with E-state index in [1.165, 1.54) is 0 Å². The summed E-state index contributed by atoms with van der Waals surface area (Å²) in [6.07, 6.45) is 1.89. The summed E-state index contributed by atoms with van der Waals surface area (Å²) < 4.78 is 24.7. The number of rotatable bonds is 5. The van der Waals surface area contributed by atoms with Gasteiger partial charge in [0, 0.05) is 17.3 Å². The van der Waals surface area contributed by atoms with E-state index in [2.05, 4.69) is 10.0 Å². The van der Waals surface area contributed by atoms with E-state index in [9.17, 15) is 13.2 Å². The van der Waals surface area contributed by atoms with Crippen LogP contribution in [0.15, 0.2) is 24.3 Å². The first kappa shape index (κ1) is 13.2. The van der Waals surface area contributed by atoms with Crippen LogP contribution in [-0.4, -0.2) is 19.5 Å². The number of carbonyl (C=O) groups is 1. The zero-order valence-electron chi connectivity index (χ0n) is 9.52. The molecular formula is C11H13ClN2O3S. The zero-order valence-corrected chi connectivity index (χ0v) is 11.1. The van der Waals surface area contributed by atoms with Crippen molar-refractivity contribution in [2.24, 2.45) is 5.92 Å². The molecule has 1 aliphatic rings. The first-order valence-electron chi connectivity index (χ1n) is 5.47. The predicted molar refractivity (Wildman–Crippen MR) is 71.1 cm³/mol.